The lowest BCUT2D eigenvalue weighted by Crippen LogP contribution is -2.54. The number of hydrogen-bond acceptors (Lipinski definition) is 21. The van der Waals surface area contributed by atoms with E-state index in [1.165, 1.54) is 52.2 Å². The van der Waals surface area contributed by atoms with Gasteiger partial charge in [-0.3, -0.25) is 53.0 Å². The van der Waals surface area contributed by atoms with Crippen LogP contribution >= 0.6 is 0 Å². The van der Waals surface area contributed by atoms with Crippen LogP contribution in [0.3, 0.4) is 0 Å². The number of aromatic hydroxyl groups is 1. The third-order valence-electron chi connectivity index (χ3n) is 20.0. The Morgan fingerprint density at radius 3 is 2.21 bits per heavy atom. The van der Waals surface area contributed by atoms with Gasteiger partial charge < -0.3 is 75.9 Å². The van der Waals surface area contributed by atoms with Crippen molar-refractivity contribution in [1.82, 2.24) is 30.7 Å². The Morgan fingerprint density at radius 2 is 1.55 bits per heavy atom. The summed E-state index contributed by atoms with van der Waals surface area (Å²) in [5, 5.41) is 49.1. The second kappa shape index (κ2) is 34.8. The molecule has 10 rings (SSSR count). The van der Waals surface area contributed by atoms with Crippen LogP contribution < -0.4 is 52.1 Å². The second-order valence-corrected chi connectivity index (χ2v) is 29.1. The lowest BCUT2D eigenvalue weighted by atomic mass is 9.79. The van der Waals surface area contributed by atoms with Crippen LogP contribution in [0, 0.1) is 42.4 Å². The fraction of sp³-hybridized carbons (Fsp3) is 0.500. The number of unbranched alkanes of at least 4 members (excludes halogenated alkanes) is 2. The van der Waals surface area contributed by atoms with Crippen molar-refractivity contribution >= 4 is 103 Å². The minimum absolute atomic E-state index is 0.0647. The summed E-state index contributed by atoms with van der Waals surface area (Å²) < 4.78 is 32.0. The first-order valence-electron chi connectivity index (χ1n) is 36.3. The van der Waals surface area contributed by atoms with Crippen LogP contribution in [-0.2, 0) is 49.6 Å². The van der Waals surface area contributed by atoms with Crippen molar-refractivity contribution in [2.45, 2.75) is 171 Å². The van der Waals surface area contributed by atoms with Gasteiger partial charge >= 0.3 is 17.8 Å². The number of anilines is 3. The number of aromatic nitrogens is 1. The number of imide groups is 1. The van der Waals surface area contributed by atoms with Gasteiger partial charge in [0.05, 0.1) is 29.4 Å². The van der Waals surface area contributed by atoms with Crippen LogP contribution in [-0.4, -0.2) is 165 Å². The van der Waals surface area contributed by atoms with Crippen LogP contribution in [0.5, 0.6) is 17.2 Å². The van der Waals surface area contributed by atoms with Gasteiger partial charge in [0, 0.05) is 136 Å². The number of allylic oxidation sites excluding steroid dienone is 3. The number of nitrogens with one attached hydrogen (secondary N) is 5. The fourth-order valence-corrected chi connectivity index (χ4v) is 13.9. The number of hydrogen-bond donors (Lipinski definition) is 9. The Bertz CT molecular complexity index is 4350. The van der Waals surface area contributed by atoms with Crippen LogP contribution in [0.15, 0.2) is 93.9 Å². The molecular formula is C78H100N10O18. The minimum Gasteiger partial charge on any atom is -0.505 e. The van der Waals surface area contributed by atoms with Crippen LogP contribution in [0.2, 0.25) is 0 Å². The number of nitrogens with zero attached hydrogens (tertiary/aromatic N) is 4. The average molecular weight is 1470 g/mol. The summed E-state index contributed by atoms with van der Waals surface area (Å²) in [7, 11) is 0. The molecule has 5 aromatic rings. The summed E-state index contributed by atoms with van der Waals surface area (Å²) in [5.41, 5.74) is 5.56. The molecule has 4 aromatic carbocycles. The molecule has 1 fully saturated rings. The van der Waals surface area contributed by atoms with E-state index in [0.29, 0.717) is 55.2 Å². The fourth-order valence-electron chi connectivity index (χ4n) is 13.9. The predicted molar refractivity (Wildman–Crippen MR) is 398 cm³/mol. The monoisotopic (exact) mass is 1460 g/mol. The molecular weight excluding hydrogens is 1360 g/mol. The normalized spacial score (nSPS) is 23.5. The molecule has 10 N–H and O–H groups in total. The van der Waals surface area contributed by atoms with E-state index in [2.05, 4.69) is 50.2 Å². The Hall–Kier alpha value is -10.2. The Labute approximate surface area is 615 Å². The van der Waals surface area contributed by atoms with E-state index in [1.807, 2.05) is 13.0 Å². The van der Waals surface area contributed by atoms with E-state index in [-0.39, 0.29) is 124 Å². The number of amides is 8. The number of phenols is 1. The number of nitrogens with two attached hydrogens (primary N) is 1. The van der Waals surface area contributed by atoms with Crippen molar-refractivity contribution in [3.8, 4) is 17.2 Å². The van der Waals surface area contributed by atoms with Gasteiger partial charge in [0.15, 0.2) is 28.1 Å². The first-order valence-corrected chi connectivity index (χ1v) is 36.3. The number of benzene rings is 4. The summed E-state index contributed by atoms with van der Waals surface area (Å²) in [4.78, 5) is 145. The maximum absolute atomic E-state index is 15.3. The van der Waals surface area contributed by atoms with Crippen molar-refractivity contribution in [1.29, 1.82) is 0 Å². The number of carbonyl (C=O) groups is 9. The van der Waals surface area contributed by atoms with Gasteiger partial charge in [0.25, 0.3) is 23.5 Å². The summed E-state index contributed by atoms with van der Waals surface area (Å²) in [6.07, 6.45) is 9.02. The molecule has 6 heterocycles. The van der Waals surface area contributed by atoms with E-state index in [4.69, 9.17) is 34.1 Å². The molecule has 0 spiro atoms. The molecule has 106 heavy (non-hydrogen) atoms. The molecule has 0 radical (unpaired) electrons. The van der Waals surface area contributed by atoms with Gasteiger partial charge in [-0.1, -0.05) is 92.2 Å². The number of Topliss-reactive ketones (excluding diaryl/α,β-unsaturated/α-hetero) is 1. The van der Waals surface area contributed by atoms with Gasteiger partial charge in [-0.05, 0) is 87.5 Å². The van der Waals surface area contributed by atoms with Gasteiger partial charge in [0.1, 0.15) is 47.3 Å². The number of carbonyl (C=O) groups excluding carboxylic acids is 9. The predicted octanol–water partition coefficient (Wildman–Crippen LogP) is 8.23. The third-order valence-corrected chi connectivity index (χ3v) is 20.0. The quantitative estimate of drug-likeness (QED) is 0.00742. The lowest BCUT2D eigenvalue weighted by Gasteiger charge is -2.37. The molecule has 0 aliphatic carbocycles. The highest BCUT2D eigenvalue weighted by atomic mass is 16.7. The summed E-state index contributed by atoms with van der Waals surface area (Å²) in [6.45, 7) is 24.2. The maximum atomic E-state index is 15.3. The Morgan fingerprint density at radius 1 is 0.849 bits per heavy atom. The molecule has 5 aliphatic heterocycles. The van der Waals surface area contributed by atoms with E-state index in [1.54, 1.807) is 83.2 Å². The van der Waals surface area contributed by atoms with Crippen molar-refractivity contribution in [3.05, 3.63) is 112 Å². The molecule has 10 atom stereocenters. The average Bonchev–Trinajstić information content (AvgIpc) is 1.46. The minimum atomic E-state index is -2.12. The maximum Gasteiger partial charge on any atom is 0.312 e. The first kappa shape index (κ1) is 79.9. The van der Waals surface area contributed by atoms with E-state index in [0.717, 1.165) is 24.5 Å². The zero-order valence-electron chi connectivity index (χ0n) is 62.3. The van der Waals surface area contributed by atoms with Crippen molar-refractivity contribution in [2.24, 2.45) is 41.2 Å². The van der Waals surface area contributed by atoms with E-state index in [9.17, 15) is 58.5 Å². The number of piperazine rings is 1. The number of fused-ring (bicyclic) bond motifs is 14. The number of aliphatic hydroxyl groups excluding tert-OH is 2. The largest absolute Gasteiger partial charge is 0.505 e. The van der Waals surface area contributed by atoms with Crippen molar-refractivity contribution in [2.75, 3.05) is 61.3 Å². The van der Waals surface area contributed by atoms with Crippen molar-refractivity contribution < 1.29 is 81.8 Å². The molecule has 1 unspecified atom stereocenters. The number of esters is 1. The number of aliphatic hydroxyl groups is 2. The highest BCUT2D eigenvalue weighted by molar-refractivity contribution is 6.26. The van der Waals surface area contributed by atoms with E-state index >= 15 is 4.79 Å². The Kier molecular flexibility index (Phi) is 26.2. The van der Waals surface area contributed by atoms with E-state index < -0.39 is 118 Å². The van der Waals surface area contributed by atoms with Gasteiger partial charge in [-0.2, -0.15) is 0 Å². The van der Waals surface area contributed by atoms with Gasteiger partial charge in [0.2, 0.25) is 17.7 Å². The molecule has 28 nitrogen and oxygen atoms in total. The SMILES string of the molecule is CC(=O)O[C@H]1[C@H](C)[C@H](O)[C@H](C)[C@@H](O)[C@@H](C)/C=C/C=C(/C)C(=O)Nc2c(O)c3c(=O)c(C)c4c(c3c3nc5c(OCc6ccc(NC(=O)[C@H](CCCNC(N)=O)NC(=O)C(NC(=O)CCCCCN7C(=O)C=CC7=O)C(C)C)cc6)cc(N6CCN(CC(C)C)CC6)cc5oc23)C(=O)[C@@](C)(O/C=C/C[C@H]1C)O4. The van der Waals surface area contributed by atoms with Crippen LogP contribution in [0.25, 0.3) is 33.0 Å². The number of urea groups is 1. The highest BCUT2D eigenvalue weighted by Crippen LogP contribution is 2.49. The molecule has 1 aromatic heterocycles. The standard InChI is InChI=1S/C78H100N10O18/c1-41(2)39-86-32-34-87(35-33-86)52-37-54(102-40-50-24-26-51(27-25-50)81-75(99)53(22-17-30-80-77(79)101)82-76(100)62(42(3)4)83-56(90)23-14-13-15-31-88-57(91)28-29-58(88)92)63-55(38-52)105-72-64(84-63)59-60-68(95)48(10)71-61(59)73(97)78(12,106-71)103-36-18-21-44(6)70(104-49(11)89)47(9)67(94)46(8)66(93)43(5)19-16-20-45(7)74(98)85-65(72)69(60)96/h16,18-20,24-29,36-38,41-44,46-47,53,62,66-67,70,93-94,96H,13-15,17,21-23,30-35,39-40H2,1-12H3,(H,81,99)(H,82,100)(H,83,90)(H,85,98)(H3,79,80,101)/b19-16+,36-18+,45-20-/t43-,44+,46+,47+,53-,62?,66-,67+,70+,78-/m0/s1. The second-order valence-electron chi connectivity index (χ2n) is 29.1. The van der Waals surface area contributed by atoms with Crippen molar-refractivity contribution in [3.63, 3.8) is 0 Å². The number of phenolic OH excluding ortho intramolecular Hbond substituents is 1. The zero-order valence-corrected chi connectivity index (χ0v) is 62.3. The molecule has 1 saturated heterocycles. The molecule has 5 aliphatic rings. The summed E-state index contributed by atoms with van der Waals surface area (Å²) >= 11 is 0. The molecule has 570 valence electrons. The molecule has 0 saturated carbocycles. The first-order chi connectivity index (χ1) is 50.3. The van der Waals surface area contributed by atoms with Gasteiger partial charge in [-0.15, -0.1) is 0 Å². The smallest absolute Gasteiger partial charge is 0.312 e. The lowest BCUT2D eigenvalue weighted by molar-refractivity contribution is -0.157. The third kappa shape index (κ3) is 18.7. The van der Waals surface area contributed by atoms with Gasteiger partial charge in [-0.25, -0.2) is 9.78 Å². The molecule has 5 bridgehead atoms. The summed E-state index contributed by atoms with van der Waals surface area (Å²) in [5.74, 6) is -9.61. The van der Waals surface area contributed by atoms with Crippen LogP contribution in [0.1, 0.15) is 143 Å². The molecule has 8 amide bonds. The highest BCUT2D eigenvalue weighted by Gasteiger charge is 2.50. The molecule has 28 heteroatoms. The van der Waals surface area contributed by atoms with Crippen LogP contribution in [0.4, 0.5) is 21.9 Å². The number of ketones is 1. The number of primary amides is 1. The Balaban J connectivity index is 1.06. The topological polar surface area (TPSA) is 390 Å². The summed E-state index contributed by atoms with van der Waals surface area (Å²) in [6, 6.07) is 7.34. The number of rotatable bonds is 23. The zero-order chi connectivity index (χ0) is 77.2. The number of ether oxygens (including phenoxy) is 4.